The molecule has 0 unspecified atom stereocenters. The molecule has 0 saturated carbocycles. The Balaban J connectivity index is 2.15. The molecular formula is C24H30N4O. The number of para-hydroxylation sites is 1. The summed E-state index contributed by atoms with van der Waals surface area (Å²) in [4.78, 5) is 14.9. The van der Waals surface area contributed by atoms with Crippen molar-refractivity contribution in [2.75, 3.05) is 28.6 Å². The van der Waals surface area contributed by atoms with Crippen molar-refractivity contribution in [2.45, 2.75) is 40.5 Å². The van der Waals surface area contributed by atoms with Crippen molar-refractivity contribution in [1.29, 1.82) is 5.26 Å². The van der Waals surface area contributed by atoms with Crippen LogP contribution in [0.4, 0.5) is 17.1 Å². The van der Waals surface area contributed by atoms with E-state index in [4.69, 9.17) is 0 Å². The largest absolute Gasteiger partial charge is 0.372 e. The lowest BCUT2D eigenvalue weighted by Crippen LogP contribution is -2.21. The van der Waals surface area contributed by atoms with Gasteiger partial charge in [-0.05, 0) is 62.1 Å². The van der Waals surface area contributed by atoms with Crippen LogP contribution in [0.1, 0.15) is 44.7 Å². The highest BCUT2D eigenvalue weighted by molar-refractivity contribution is 6.07. The molecule has 0 aliphatic rings. The highest BCUT2D eigenvalue weighted by atomic mass is 16.1. The second-order valence-electron chi connectivity index (χ2n) is 7.18. The number of hydrogen-bond acceptors (Lipinski definition) is 4. The Labute approximate surface area is 174 Å². The van der Waals surface area contributed by atoms with Crippen molar-refractivity contribution in [2.24, 2.45) is 0 Å². The van der Waals surface area contributed by atoms with Crippen molar-refractivity contribution in [1.82, 2.24) is 0 Å². The summed E-state index contributed by atoms with van der Waals surface area (Å²) >= 11 is 0. The van der Waals surface area contributed by atoms with Crippen molar-refractivity contribution in [3.63, 3.8) is 0 Å². The quantitative estimate of drug-likeness (QED) is 0.466. The first-order valence-electron chi connectivity index (χ1n) is 10.0. The number of nitriles is 1. The van der Waals surface area contributed by atoms with E-state index in [-0.39, 0.29) is 11.5 Å². The van der Waals surface area contributed by atoms with Gasteiger partial charge in [-0.1, -0.05) is 32.0 Å². The zero-order valence-electron chi connectivity index (χ0n) is 17.9. The zero-order chi connectivity index (χ0) is 21.4. The van der Waals surface area contributed by atoms with Gasteiger partial charge in [0.15, 0.2) is 0 Å². The number of carbonyl (C=O) groups is 1. The van der Waals surface area contributed by atoms with Crippen LogP contribution < -0.4 is 15.5 Å². The molecule has 2 rings (SSSR count). The molecule has 0 aliphatic carbocycles. The van der Waals surface area contributed by atoms with Crippen LogP contribution in [-0.2, 0) is 4.79 Å². The highest BCUT2D eigenvalue weighted by Gasteiger charge is 2.15. The first-order chi connectivity index (χ1) is 13.9. The van der Waals surface area contributed by atoms with E-state index >= 15 is 0 Å². The van der Waals surface area contributed by atoms with E-state index in [2.05, 4.69) is 43.2 Å². The van der Waals surface area contributed by atoms with Gasteiger partial charge in [0.05, 0.1) is 0 Å². The maximum atomic E-state index is 12.7. The Hall–Kier alpha value is -3.26. The summed E-state index contributed by atoms with van der Waals surface area (Å²) in [6.07, 6.45) is 1.45. The number of aryl methyl sites for hydroxylation is 1. The third-order valence-corrected chi connectivity index (χ3v) is 4.91. The van der Waals surface area contributed by atoms with Gasteiger partial charge in [-0.25, -0.2) is 0 Å². The average molecular weight is 391 g/mol. The second-order valence-corrected chi connectivity index (χ2v) is 7.18. The van der Waals surface area contributed by atoms with Gasteiger partial charge in [0.25, 0.3) is 5.91 Å². The van der Waals surface area contributed by atoms with Crippen LogP contribution in [0.15, 0.2) is 54.2 Å². The molecule has 0 heterocycles. The standard InChI is InChI=1S/C24H30N4O/c1-6-28(7-2)21-13-11-20(12-14-21)26-16-19(15-25)24(29)27-23-18(5)9-8-10-22(23)17(3)4/h8-14,16-17,26H,6-7H2,1-5H3,(H,27,29)/b19-16-. The van der Waals surface area contributed by atoms with E-state index < -0.39 is 5.91 Å². The molecule has 0 radical (unpaired) electrons. The van der Waals surface area contributed by atoms with E-state index in [1.54, 1.807) is 0 Å². The number of amides is 1. The Morgan fingerprint density at radius 2 is 1.79 bits per heavy atom. The zero-order valence-corrected chi connectivity index (χ0v) is 17.9. The summed E-state index contributed by atoms with van der Waals surface area (Å²) in [5.41, 5.74) is 4.79. The number of benzene rings is 2. The smallest absolute Gasteiger partial charge is 0.267 e. The first kappa shape index (κ1) is 22.0. The summed E-state index contributed by atoms with van der Waals surface area (Å²) < 4.78 is 0. The average Bonchev–Trinajstić information content (AvgIpc) is 2.71. The van der Waals surface area contributed by atoms with E-state index in [1.807, 2.05) is 55.5 Å². The van der Waals surface area contributed by atoms with Gasteiger partial charge >= 0.3 is 0 Å². The van der Waals surface area contributed by atoms with Crippen LogP contribution in [-0.4, -0.2) is 19.0 Å². The van der Waals surface area contributed by atoms with E-state index in [1.165, 1.54) is 6.20 Å². The summed E-state index contributed by atoms with van der Waals surface area (Å²) in [5.74, 6) is -0.155. The predicted molar refractivity (Wildman–Crippen MR) is 121 cm³/mol. The van der Waals surface area contributed by atoms with Gasteiger partial charge in [-0.3, -0.25) is 4.79 Å². The molecule has 5 nitrogen and oxygen atoms in total. The van der Waals surface area contributed by atoms with Gasteiger partial charge in [0, 0.05) is 36.4 Å². The van der Waals surface area contributed by atoms with E-state index in [0.29, 0.717) is 0 Å². The van der Waals surface area contributed by atoms with Crippen molar-refractivity contribution in [3.8, 4) is 6.07 Å². The molecule has 2 aromatic rings. The normalized spacial score (nSPS) is 11.1. The van der Waals surface area contributed by atoms with Gasteiger partial charge in [-0.15, -0.1) is 0 Å². The number of carbonyl (C=O) groups excluding carboxylic acids is 1. The molecule has 0 saturated heterocycles. The molecule has 0 spiro atoms. The number of hydrogen-bond donors (Lipinski definition) is 2. The lowest BCUT2D eigenvalue weighted by atomic mass is 9.98. The molecule has 2 N–H and O–H groups in total. The van der Waals surface area contributed by atoms with Crippen LogP contribution in [0.3, 0.4) is 0 Å². The summed E-state index contributed by atoms with van der Waals surface area (Å²) in [6, 6.07) is 15.8. The molecule has 1 amide bonds. The monoisotopic (exact) mass is 390 g/mol. The molecule has 0 fully saturated rings. The molecule has 152 valence electrons. The molecule has 0 aromatic heterocycles. The highest BCUT2D eigenvalue weighted by Crippen LogP contribution is 2.27. The minimum absolute atomic E-state index is 0.0239. The van der Waals surface area contributed by atoms with Crippen LogP contribution in [0.25, 0.3) is 0 Å². The Bertz CT molecular complexity index is 903. The number of anilines is 3. The third kappa shape index (κ3) is 5.61. The van der Waals surface area contributed by atoms with Crippen molar-refractivity contribution in [3.05, 3.63) is 65.4 Å². The molecule has 2 aromatic carbocycles. The maximum Gasteiger partial charge on any atom is 0.267 e. The fourth-order valence-corrected chi connectivity index (χ4v) is 3.18. The molecule has 0 aliphatic heterocycles. The van der Waals surface area contributed by atoms with Crippen LogP contribution in [0, 0.1) is 18.3 Å². The minimum Gasteiger partial charge on any atom is -0.372 e. The van der Waals surface area contributed by atoms with E-state index in [9.17, 15) is 10.1 Å². The van der Waals surface area contributed by atoms with Crippen LogP contribution >= 0.6 is 0 Å². The lowest BCUT2D eigenvalue weighted by molar-refractivity contribution is -0.112. The second kappa shape index (κ2) is 10.3. The van der Waals surface area contributed by atoms with Crippen LogP contribution in [0.2, 0.25) is 0 Å². The minimum atomic E-state index is -0.420. The Kier molecular flexibility index (Phi) is 7.85. The van der Waals surface area contributed by atoms with Crippen molar-refractivity contribution < 1.29 is 4.79 Å². The molecule has 29 heavy (non-hydrogen) atoms. The molecule has 5 heteroatoms. The van der Waals surface area contributed by atoms with E-state index in [0.717, 1.165) is 41.3 Å². The molecule has 0 atom stereocenters. The fourth-order valence-electron chi connectivity index (χ4n) is 3.18. The molecule has 0 bridgehead atoms. The topological polar surface area (TPSA) is 68.2 Å². The number of rotatable bonds is 8. The lowest BCUT2D eigenvalue weighted by Gasteiger charge is -2.21. The van der Waals surface area contributed by atoms with Gasteiger partial charge in [0.2, 0.25) is 0 Å². The van der Waals surface area contributed by atoms with Gasteiger partial charge in [0.1, 0.15) is 11.6 Å². The Morgan fingerprint density at radius 3 is 2.34 bits per heavy atom. The maximum absolute atomic E-state index is 12.7. The van der Waals surface area contributed by atoms with Crippen LogP contribution in [0.5, 0.6) is 0 Å². The predicted octanol–water partition coefficient (Wildman–Crippen LogP) is 5.42. The SMILES string of the molecule is CCN(CC)c1ccc(N/C=C(/C#N)C(=O)Nc2c(C)cccc2C(C)C)cc1. The molecular weight excluding hydrogens is 360 g/mol. The summed E-state index contributed by atoms with van der Waals surface area (Å²) in [6.45, 7) is 12.2. The Morgan fingerprint density at radius 1 is 1.14 bits per heavy atom. The first-order valence-corrected chi connectivity index (χ1v) is 10.0. The van der Waals surface area contributed by atoms with Crippen molar-refractivity contribution >= 4 is 23.0 Å². The van der Waals surface area contributed by atoms with Gasteiger partial charge < -0.3 is 15.5 Å². The fraction of sp³-hybridized carbons (Fsp3) is 0.333. The summed E-state index contributed by atoms with van der Waals surface area (Å²) in [5, 5.41) is 15.4. The number of nitrogens with one attached hydrogen (secondary N) is 2. The third-order valence-electron chi connectivity index (χ3n) is 4.91. The number of nitrogens with zero attached hydrogens (tertiary/aromatic N) is 2. The van der Waals surface area contributed by atoms with Gasteiger partial charge in [-0.2, -0.15) is 5.26 Å². The summed E-state index contributed by atoms with van der Waals surface area (Å²) in [7, 11) is 0.